The van der Waals surface area contributed by atoms with Gasteiger partial charge in [-0.3, -0.25) is 0 Å². The summed E-state index contributed by atoms with van der Waals surface area (Å²) in [5.41, 5.74) is 6.17. The Bertz CT molecular complexity index is 345. The van der Waals surface area contributed by atoms with Gasteiger partial charge in [0.15, 0.2) is 0 Å². The molecule has 0 aliphatic rings. The molecule has 14 heavy (non-hydrogen) atoms. The second kappa shape index (κ2) is 4.66. The van der Waals surface area contributed by atoms with E-state index in [1.54, 1.807) is 19.1 Å². The number of ether oxygens (including phenoxy) is 1. The molecule has 0 unspecified atom stereocenters. The summed E-state index contributed by atoms with van der Waals surface area (Å²) in [6, 6.07) is 3.21. The first-order valence-corrected chi connectivity index (χ1v) is 5.15. The Balaban J connectivity index is 3.14. The van der Waals surface area contributed by atoms with Crippen molar-refractivity contribution >= 4 is 39.2 Å². The largest absolute Gasteiger partial charge is 0.462 e. The van der Waals surface area contributed by atoms with Crippen molar-refractivity contribution in [1.82, 2.24) is 0 Å². The predicted molar refractivity (Wildman–Crippen MR) is 59.5 cm³/mol. The van der Waals surface area contributed by atoms with Crippen molar-refractivity contribution in [1.29, 1.82) is 0 Å². The van der Waals surface area contributed by atoms with E-state index in [0.717, 1.165) is 4.47 Å². The van der Waals surface area contributed by atoms with Crippen LogP contribution in [0.25, 0.3) is 0 Å². The molecule has 0 amide bonds. The molecule has 0 fully saturated rings. The Kier molecular flexibility index (Phi) is 3.77. The maximum Gasteiger partial charge on any atom is 0.341 e. The first kappa shape index (κ1) is 11.3. The fourth-order valence-electron chi connectivity index (χ4n) is 1.01. The van der Waals surface area contributed by atoms with E-state index in [-0.39, 0.29) is 10.6 Å². The minimum Gasteiger partial charge on any atom is -0.462 e. The van der Waals surface area contributed by atoms with Crippen LogP contribution in [0.4, 0.5) is 5.69 Å². The highest BCUT2D eigenvalue weighted by atomic mass is 79.9. The number of carbonyl (C=O) groups excluding carboxylic acids is 1. The second-order valence-electron chi connectivity index (χ2n) is 2.57. The number of carbonyl (C=O) groups is 1. The summed E-state index contributed by atoms with van der Waals surface area (Å²) in [6.07, 6.45) is 0. The topological polar surface area (TPSA) is 52.3 Å². The van der Waals surface area contributed by atoms with Crippen molar-refractivity contribution in [3.63, 3.8) is 0 Å². The van der Waals surface area contributed by atoms with Crippen LogP contribution < -0.4 is 5.73 Å². The zero-order chi connectivity index (χ0) is 10.7. The lowest BCUT2D eigenvalue weighted by atomic mass is 10.2. The molecule has 0 saturated heterocycles. The Labute approximate surface area is 95.3 Å². The Hall–Kier alpha value is -0.740. The molecule has 0 aliphatic carbocycles. The fourth-order valence-corrected chi connectivity index (χ4v) is 1.92. The van der Waals surface area contributed by atoms with Gasteiger partial charge in [-0.05, 0) is 19.1 Å². The third-order valence-electron chi connectivity index (χ3n) is 1.57. The molecule has 0 radical (unpaired) electrons. The van der Waals surface area contributed by atoms with Crippen molar-refractivity contribution in [2.45, 2.75) is 6.92 Å². The maximum atomic E-state index is 11.4. The first-order valence-electron chi connectivity index (χ1n) is 3.98. The molecule has 0 bridgehead atoms. The molecule has 0 saturated carbocycles. The molecule has 1 aromatic rings. The first-order chi connectivity index (χ1) is 6.56. The van der Waals surface area contributed by atoms with E-state index in [1.165, 1.54) is 0 Å². The van der Waals surface area contributed by atoms with Crippen molar-refractivity contribution in [2.24, 2.45) is 0 Å². The van der Waals surface area contributed by atoms with Gasteiger partial charge in [-0.1, -0.05) is 27.5 Å². The van der Waals surface area contributed by atoms with Crippen LogP contribution in [0, 0.1) is 0 Å². The average molecular weight is 279 g/mol. The van der Waals surface area contributed by atoms with Crippen LogP contribution in [0.5, 0.6) is 0 Å². The number of nitrogen functional groups attached to an aromatic ring is 1. The number of hydrogen-bond donors (Lipinski definition) is 1. The molecule has 0 atom stereocenters. The molecule has 0 aromatic heterocycles. The Morgan fingerprint density at radius 2 is 2.29 bits per heavy atom. The standard InChI is InChI=1S/C9H9BrClNO2/c1-2-14-9(13)8-6(11)3-5(10)4-7(8)12/h3-4H,2,12H2,1H3. The van der Waals surface area contributed by atoms with E-state index < -0.39 is 5.97 Å². The Morgan fingerprint density at radius 1 is 1.64 bits per heavy atom. The molecule has 1 aromatic carbocycles. The number of rotatable bonds is 2. The number of hydrogen-bond acceptors (Lipinski definition) is 3. The van der Waals surface area contributed by atoms with Crippen LogP contribution >= 0.6 is 27.5 Å². The van der Waals surface area contributed by atoms with Crippen LogP contribution in [-0.4, -0.2) is 12.6 Å². The minimum absolute atomic E-state index is 0.219. The maximum absolute atomic E-state index is 11.4. The molecule has 2 N–H and O–H groups in total. The van der Waals surface area contributed by atoms with Crippen LogP contribution in [0.1, 0.15) is 17.3 Å². The zero-order valence-corrected chi connectivity index (χ0v) is 9.85. The van der Waals surface area contributed by atoms with Crippen LogP contribution in [0.3, 0.4) is 0 Å². The van der Waals surface area contributed by atoms with Gasteiger partial charge >= 0.3 is 5.97 Å². The summed E-state index contributed by atoms with van der Waals surface area (Å²) in [7, 11) is 0. The third kappa shape index (κ3) is 2.39. The van der Waals surface area contributed by atoms with Gasteiger partial charge in [0.05, 0.1) is 11.6 Å². The molecule has 0 aliphatic heterocycles. The monoisotopic (exact) mass is 277 g/mol. The third-order valence-corrected chi connectivity index (χ3v) is 2.32. The average Bonchev–Trinajstić information content (AvgIpc) is 2.01. The summed E-state index contributed by atoms with van der Waals surface area (Å²) in [5.74, 6) is -0.498. The molecule has 76 valence electrons. The van der Waals surface area contributed by atoms with Crippen LogP contribution in [0.15, 0.2) is 16.6 Å². The van der Waals surface area contributed by atoms with Crippen molar-refractivity contribution in [3.05, 3.63) is 27.2 Å². The fraction of sp³-hybridized carbons (Fsp3) is 0.222. The minimum atomic E-state index is -0.498. The van der Waals surface area contributed by atoms with E-state index in [4.69, 9.17) is 22.1 Å². The van der Waals surface area contributed by atoms with Crippen LogP contribution in [0.2, 0.25) is 5.02 Å². The lowest BCUT2D eigenvalue weighted by Crippen LogP contribution is -2.08. The van der Waals surface area contributed by atoms with E-state index >= 15 is 0 Å². The van der Waals surface area contributed by atoms with Gasteiger partial charge in [0.25, 0.3) is 0 Å². The van der Waals surface area contributed by atoms with Crippen molar-refractivity contribution < 1.29 is 9.53 Å². The molecule has 1 rings (SSSR count). The zero-order valence-electron chi connectivity index (χ0n) is 7.51. The van der Waals surface area contributed by atoms with E-state index in [2.05, 4.69) is 15.9 Å². The van der Waals surface area contributed by atoms with Crippen LogP contribution in [-0.2, 0) is 4.74 Å². The second-order valence-corrected chi connectivity index (χ2v) is 3.90. The van der Waals surface area contributed by atoms with Gasteiger partial charge in [-0.25, -0.2) is 4.79 Å². The summed E-state index contributed by atoms with van der Waals surface area (Å²) >= 11 is 9.07. The molecule has 0 spiro atoms. The molecular weight excluding hydrogens is 269 g/mol. The number of anilines is 1. The van der Waals surface area contributed by atoms with Gasteiger partial charge in [-0.15, -0.1) is 0 Å². The van der Waals surface area contributed by atoms with E-state index in [0.29, 0.717) is 12.3 Å². The normalized spacial score (nSPS) is 9.93. The number of esters is 1. The molecule has 5 heteroatoms. The highest BCUT2D eigenvalue weighted by Crippen LogP contribution is 2.27. The summed E-state index contributed by atoms with van der Waals surface area (Å²) in [6.45, 7) is 2.02. The molecule has 3 nitrogen and oxygen atoms in total. The van der Waals surface area contributed by atoms with Crippen molar-refractivity contribution in [2.75, 3.05) is 12.3 Å². The van der Waals surface area contributed by atoms with Gasteiger partial charge in [0.2, 0.25) is 0 Å². The van der Waals surface area contributed by atoms with E-state index in [1.807, 2.05) is 0 Å². The smallest absolute Gasteiger partial charge is 0.341 e. The molecule has 0 heterocycles. The number of halogens is 2. The van der Waals surface area contributed by atoms with E-state index in [9.17, 15) is 4.79 Å². The summed E-state index contributed by atoms with van der Waals surface area (Å²) in [5, 5.41) is 0.287. The highest BCUT2D eigenvalue weighted by molar-refractivity contribution is 9.10. The van der Waals surface area contributed by atoms with Crippen molar-refractivity contribution in [3.8, 4) is 0 Å². The highest BCUT2D eigenvalue weighted by Gasteiger charge is 2.15. The predicted octanol–water partition coefficient (Wildman–Crippen LogP) is 2.86. The summed E-state index contributed by atoms with van der Waals surface area (Å²) in [4.78, 5) is 11.4. The quantitative estimate of drug-likeness (QED) is 0.668. The van der Waals surface area contributed by atoms with Gasteiger partial charge in [0.1, 0.15) is 5.56 Å². The lowest BCUT2D eigenvalue weighted by molar-refractivity contribution is 0.0528. The van der Waals surface area contributed by atoms with Gasteiger partial charge < -0.3 is 10.5 Å². The van der Waals surface area contributed by atoms with Gasteiger partial charge in [-0.2, -0.15) is 0 Å². The number of nitrogens with two attached hydrogens (primary N) is 1. The Morgan fingerprint density at radius 3 is 2.79 bits per heavy atom. The molecular formula is C9H9BrClNO2. The SMILES string of the molecule is CCOC(=O)c1c(N)cc(Br)cc1Cl. The lowest BCUT2D eigenvalue weighted by Gasteiger charge is -2.07. The number of benzene rings is 1. The van der Waals surface area contributed by atoms with Gasteiger partial charge in [0, 0.05) is 10.2 Å². The summed E-state index contributed by atoms with van der Waals surface area (Å²) < 4.78 is 5.54.